The molecule has 9 nitrogen and oxygen atoms in total. The van der Waals surface area contributed by atoms with Gasteiger partial charge in [0, 0.05) is 31.3 Å². The molecule has 0 bridgehead atoms. The van der Waals surface area contributed by atoms with E-state index >= 15 is 0 Å². The molecular formula is C25H37N3O6. The summed E-state index contributed by atoms with van der Waals surface area (Å²) in [6, 6.07) is 8.02. The monoisotopic (exact) mass is 475 g/mol. The zero-order valence-corrected chi connectivity index (χ0v) is 20.5. The molecule has 1 heterocycles. The maximum Gasteiger partial charge on any atom is 0.408 e. The Hall–Kier alpha value is -3.10. The second-order valence-corrected chi connectivity index (χ2v) is 9.45. The van der Waals surface area contributed by atoms with E-state index < -0.39 is 29.7 Å². The zero-order chi connectivity index (χ0) is 25.1. The summed E-state index contributed by atoms with van der Waals surface area (Å²) in [6.07, 6.45) is 1.10. The Kier molecular flexibility index (Phi) is 10.3. The van der Waals surface area contributed by atoms with Crippen molar-refractivity contribution in [1.82, 2.24) is 16.0 Å². The van der Waals surface area contributed by atoms with Gasteiger partial charge in [-0.25, -0.2) is 4.79 Å². The van der Waals surface area contributed by atoms with Crippen molar-refractivity contribution in [1.29, 1.82) is 0 Å². The number of rotatable bonds is 11. The SMILES string of the molecule is CCOC(=O)CCC(CC1CCNC1=O)NC(=O)C(Cc1ccccc1)NC(=O)OC(C)(C)C. The van der Waals surface area contributed by atoms with Crippen molar-refractivity contribution in [2.24, 2.45) is 5.92 Å². The maximum absolute atomic E-state index is 13.3. The van der Waals surface area contributed by atoms with Crippen LogP contribution in [0.15, 0.2) is 30.3 Å². The summed E-state index contributed by atoms with van der Waals surface area (Å²) in [6.45, 7) is 7.85. The molecule has 0 aromatic heterocycles. The van der Waals surface area contributed by atoms with Gasteiger partial charge >= 0.3 is 12.1 Å². The maximum atomic E-state index is 13.3. The van der Waals surface area contributed by atoms with Crippen LogP contribution in [0.4, 0.5) is 4.79 Å². The largest absolute Gasteiger partial charge is 0.466 e. The van der Waals surface area contributed by atoms with E-state index in [9.17, 15) is 19.2 Å². The fourth-order valence-electron chi connectivity index (χ4n) is 3.80. The number of ether oxygens (including phenoxy) is 2. The van der Waals surface area contributed by atoms with Crippen molar-refractivity contribution < 1.29 is 28.7 Å². The van der Waals surface area contributed by atoms with Crippen LogP contribution >= 0.6 is 0 Å². The standard InChI is InChI=1S/C25H37N3O6/c1-5-33-21(29)12-11-19(16-18-13-14-26-22(18)30)27-23(31)20(15-17-9-7-6-8-10-17)28-24(32)34-25(2,3)4/h6-10,18-20H,5,11-16H2,1-4H3,(H,26,30)(H,27,31)(H,28,32). The van der Waals surface area contributed by atoms with E-state index in [0.717, 1.165) is 5.56 Å². The highest BCUT2D eigenvalue weighted by Crippen LogP contribution is 2.19. The Balaban J connectivity index is 2.13. The third kappa shape index (κ3) is 9.80. The van der Waals surface area contributed by atoms with Crippen molar-refractivity contribution in [2.45, 2.75) is 77.5 Å². The number of alkyl carbamates (subject to hydrolysis) is 1. The number of hydrogen-bond donors (Lipinski definition) is 3. The van der Waals surface area contributed by atoms with Crippen molar-refractivity contribution in [3.63, 3.8) is 0 Å². The third-order valence-corrected chi connectivity index (χ3v) is 5.37. The molecule has 9 heteroatoms. The zero-order valence-electron chi connectivity index (χ0n) is 20.5. The molecule has 0 aliphatic carbocycles. The Bertz CT molecular complexity index is 837. The second-order valence-electron chi connectivity index (χ2n) is 9.45. The smallest absolute Gasteiger partial charge is 0.408 e. The van der Waals surface area contributed by atoms with Crippen LogP contribution in [0.1, 0.15) is 58.9 Å². The van der Waals surface area contributed by atoms with Gasteiger partial charge in [-0.1, -0.05) is 30.3 Å². The van der Waals surface area contributed by atoms with Crippen molar-refractivity contribution in [3.8, 4) is 0 Å². The molecule has 3 atom stereocenters. The number of hydrogen-bond acceptors (Lipinski definition) is 6. The number of nitrogens with one attached hydrogen (secondary N) is 3. The fraction of sp³-hybridized carbons (Fsp3) is 0.600. The predicted molar refractivity (Wildman–Crippen MR) is 127 cm³/mol. The first-order chi connectivity index (χ1) is 16.1. The van der Waals surface area contributed by atoms with E-state index in [1.165, 1.54) is 0 Å². The molecule has 3 N–H and O–H groups in total. The minimum absolute atomic E-state index is 0.0527. The Morgan fingerprint density at radius 3 is 2.44 bits per heavy atom. The fourth-order valence-corrected chi connectivity index (χ4v) is 3.80. The highest BCUT2D eigenvalue weighted by molar-refractivity contribution is 5.86. The summed E-state index contributed by atoms with van der Waals surface area (Å²) in [7, 11) is 0. The quantitative estimate of drug-likeness (QED) is 0.423. The molecule has 3 amide bonds. The molecule has 188 valence electrons. The van der Waals surface area contributed by atoms with Crippen LogP contribution in [0.3, 0.4) is 0 Å². The van der Waals surface area contributed by atoms with Crippen molar-refractivity contribution in [2.75, 3.05) is 13.2 Å². The van der Waals surface area contributed by atoms with Crippen LogP contribution in [0, 0.1) is 5.92 Å². The Morgan fingerprint density at radius 1 is 1.15 bits per heavy atom. The summed E-state index contributed by atoms with van der Waals surface area (Å²) in [5, 5.41) is 8.42. The van der Waals surface area contributed by atoms with Gasteiger partial charge in [-0.15, -0.1) is 0 Å². The van der Waals surface area contributed by atoms with E-state index in [4.69, 9.17) is 9.47 Å². The Labute approximate surface area is 201 Å². The highest BCUT2D eigenvalue weighted by atomic mass is 16.6. The lowest BCUT2D eigenvalue weighted by atomic mass is 9.95. The first-order valence-corrected chi connectivity index (χ1v) is 11.8. The molecule has 1 aromatic rings. The number of amides is 3. The first kappa shape index (κ1) is 27.1. The van der Waals surface area contributed by atoms with Crippen LogP contribution < -0.4 is 16.0 Å². The first-order valence-electron chi connectivity index (χ1n) is 11.8. The van der Waals surface area contributed by atoms with Crippen LogP contribution in [-0.2, 0) is 30.3 Å². The van der Waals surface area contributed by atoms with Gasteiger partial charge in [0.1, 0.15) is 11.6 Å². The molecule has 3 unspecified atom stereocenters. The summed E-state index contributed by atoms with van der Waals surface area (Å²) >= 11 is 0. The van der Waals surface area contributed by atoms with Crippen LogP contribution in [-0.4, -0.2) is 54.7 Å². The van der Waals surface area contributed by atoms with Gasteiger partial charge in [-0.2, -0.15) is 0 Å². The number of carbonyl (C=O) groups excluding carboxylic acids is 4. The van der Waals surface area contributed by atoms with Gasteiger partial charge in [0.25, 0.3) is 0 Å². The van der Waals surface area contributed by atoms with Gasteiger partial charge in [-0.3, -0.25) is 14.4 Å². The van der Waals surface area contributed by atoms with Crippen LogP contribution in [0.25, 0.3) is 0 Å². The molecule has 0 saturated carbocycles. The Morgan fingerprint density at radius 2 is 1.85 bits per heavy atom. The molecule has 0 spiro atoms. The van der Waals surface area contributed by atoms with Crippen LogP contribution in [0.5, 0.6) is 0 Å². The van der Waals surface area contributed by atoms with E-state index in [-0.39, 0.29) is 37.2 Å². The van der Waals surface area contributed by atoms with Gasteiger partial charge in [0.15, 0.2) is 0 Å². The number of esters is 1. The number of benzene rings is 1. The summed E-state index contributed by atoms with van der Waals surface area (Å²) in [5.74, 6) is -1.05. The molecule has 0 radical (unpaired) electrons. The minimum atomic E-state index is -0.889. The normalized spacial score (nSPS) is 17.3. The topological polar surface area (TPSA) is 123 Å². The lowest BCUT2D eigenvalue weighted by Gasteiger charge is -2.26. The summed E-state index contributed by atoms with van der Waals surface area (Å²) in [5.41, 5.74) is 0.160. The van der Waals surface area contributed by atoms with E-state index in [0.29, 0.717) is 25.8 Å². The molecule has 34 heavy (non-hydrogen) atoms. The van der Waals surface area contributed by atoms with Gasteiger partial charge in [-0.05, 0) is 52.5 Å². The highest BCUT2D eigenvalue weighted by Gasteiger charge is 2.31. The van der Waals surface area contributed by atoms with Gasteiger partial charge in [0.05, 0.1) is 6.61 Å². The lowest BCUT2D eigenvalue weighted by Crippen LogP contribution is -2.52. The molecule has 1 fully saturated rings. The second kappa shape index (κ2) is 13.0. The average molecular weight is 476 g/mol. The summed E-state index contributed by atoms with van der Waals surface area (Å²) < 4.78 is 10.4. The van der Waals surface area contributed by atoms with E-state index in [2.05, 4.69) is 16.0 Å². The molecule has 1 aliphatic rings. The lowest BCUT2D eigenvalue weighted by molar-refractivity contribution is -0.143. The molecule has 1 aliphatic heterocycles. The molecule has 1 saturated heterocycles. The van der Waals surface area contributed by atoms with E-state index in [1.807, 2.05) is 30.3 Å². The van der Waals surface area contributed by atoms with Crippen molar-refractivity contribution in [3.05, 3.63) is 35.9 Å². The third-order valence-electron chi connectivity index (χ3n) is 5.37. The molecule has 1 aromatic carbocycles. The minimum Gasteiger partial charge on any atom is -0.466 e. The molecule has 2 rings (SSSR count). The van der Waals surface area contributed by atoms with E-state index in [1.54, 1.807) is 27.7 Å². The van der Waals surface area contributed by atoms with Crippen LogP contribution in [0.2, 0.25) is 0 Å². The number of carbonyl (C=O) groups is 4. The van der Waals surface area contributed by atoms with Gasteiger partial charge < -0.3 is 25.4 Å². The van der Waals surface area contributed by atoms with Gasteiger partial charge in [0.2, 0.25) is 11.8 Å². The van der Waals surface area contributed by atoms with Crippen molar-refractivity contribution >= 4 is 23.9 Å². The predicted octanol–water partition coefficient (Wildman–Crippen LogP) is 2.48. The average Bonchev–Trinajstić information content (AvgIpc) is 3.15. The molecular weight excluding hydrogens is 438 g/mol. The summed E-state index contributed by atoms with van der Waals surface area (Å²) in [4.78, 5) is 49.7.